The number of anilines is 1. The van der Waals surface area contributed by atoms with E-state index in [4.69, 9.17) is 4.74 Å². The minimum Gasteiger partial charge on any atom is -0.474 e. The van der Waals surface area contributed by atoms with Crippen LogP contribution in [0.3, 0.4) is 0 Å². The summed E-state index contributed by atoms with van der Waals surface area (Å²) in [5, 5.41) is 12.4. The summed E-state index contributed by atoms with van der Waals surface area (Å²) >= 11 is 0. The van der Waals surface area contributed by atoms with Gasteiger partial charge in [-0.15, -0.1) is 0 Å². The zero-order valence-corrected chi connectivity index (χ0v) is 14.3. The second kappa shape index (κ2) is 7.80. The lowest BCUT2D eigenvalue weighted by Crippen LogP contribution is -2.12. The Hall–Kier alpha value is -2.87. The SMILES string of the molecule is CC(=O)c1ccc(C#N)c(NCc2ccc(OC3CCCC3)nc2)c1. The van der Waals surface area contributed by atoms with Crippen molar-refractivity contribution in [3.63, 3.8) is 0 Å². The van der Waals surface area contributed by atoms with Gasteiger partial charge in [0.2, 0.25) is 5.88 Å². The Labute approximate surface area is 147 Å². The third kappa shape index (κ3) is 4.36. The molecular weight excluding hydrogens is 314 g/mol. The Bertz CT molecular complexity index is 788. The van der Waals surface area contributed by atoms with Gasteiger partial charge in [-0.3, -0.25) is 4.79 Å². The summed E-state index contributed by atoms with van der Waals surface area (Å²) in [6, 6.07) is 11.0. The van der Waals surface area contributed by atoms with Crippen molar-refractivity contribution in [1.29, 1.82) is 5.26 Å². The molecule has 0 saturated heterocycles. The van der Waals surface area contributed by atoms with Crippen molar-refractivity contribution in [2.45, 2.75) is 45.3 Å². The molecule has 1 fully saturated rings. The highest BCUT2D eigenvalue weighted by Crippen LogP contribution is 2.23. The van der Waals surface area contributed by atoms with E-state index in [1.165, 1.54) is 19.8 Å². The van der Waals surface area contributed by atoms with Crippen LogP contribution in [-0.4, -0.2) is 16.9 Å². The fourth-order valence-electron chi connectivity index (χ4n) is 2.97. The number of rotatable bonds is 6. The predicted molar refractivity (Wildman–Crippen MR) is 95.6 cm³/mol. The molecular formula is C20H21N3O2. The molecule has 0 bridgehead atoms. The molecule has 1 N–H and O–H groups in total. The zero-order chi connectivity index (χ0) is 17.6. The monoisotopic (exact) mass is 335 g/mol. The number of pyridine rings is 1. The molecule has 0 spiro atoms. The summed E-state index contributed by atoms with van der Waals surface area (Å²) in [6.45, 7) is 2.03. The number of carbonyl (C=O) groups excluding carboxylic acids is 1. The molecule has 1 saturated carbocycles. The number of nitrogens with zero attached hydrogens (tertiary/aromatic N) is 2. The van der Waals surface area contributed by atoms with E-state index >= 15 is 0 Å². The van der Waals surface area contributed by atoms with Crippen LogP contribution in [0, 0.1) is 11.3 Å². The zero-order valence-electron chi connectivity index (χ0n) is 14.3. The number of hydrogen-bond donors (Lipinski definition) is 1. The van der Waals surface area contributed by atoms with Gasteiger partial charge in [0.25, 0.3) is 0 Å². The first kappa shape index (κ1) is 17.0. The number of Topliss-reactive ketones (excluding diaryl/α,β-unsaturated/α-hetero) is 1. The van der Waals surface area contributed by atoms with Crippen LogP contribution < -0.4 is 10.1 Å². The van der Waals surface area contributed by atoms with Crippen LogP contribution in [-0.2, 0) is 6.54 Å². The highest BCUT2D eigenvalue weighted by Gasteiger charge is 2.16. The summed E-state index contributed by atoms with van der Waals surface area (Å²) in [4.78, 5) is 15.9. The van der Waals surface area contributed by atoms with Crippen molar-refractivity contribution >= 4 is 11.5 Å². The van der Waals surface area contributed by atoms with Gasteiger partial charge in [-0.25, -0.2) is 4.98 Å². The lowest BCUT2D eigenvalue weighted by Gasteiger charge is -2.13. The number of carbonyl (C=O) groups is 1. The van der Waals surface area contributed by atoms with E-state index in [9.17, 15) is 10.1 Å². The fourth-order valence-corrected chi connectivity index (χ4v) is 2.97. The Morgan fingerprint density at radius 3 is 2.76 bits per heavy atom. The average Bonchev–Trinajstić information content (AvgIpc) is 3.14. The van der Waals surface area contributed by atoms with Crippen molar-refractivity contribution in [2.75, 3.05) is 5.32 Å². The van der Waals surface area contributed by atoms with E-state index in [0.717, 1.165) is 18.4 Å². The molecule has 3 rings (SSSR count). The van der Waals surface area contributed by atoms with Gasteiger partial charge in [0, 0.05) is 24.4 Å². The van der Waals surface area contributed by atoms with Crippen molar-refractivity contribution in [3.8, 4) is 11.9 Å². The van der Waals surface area contributed by atoms with Crippen molar-refractivity contribution in [2.24, 2.45) is 0 Å². The Kier molecular flexibility index (Phi) is 5.30. The number of aromatic nitrogens is 1. The van der Waals surface area contributed by atoms with Gasteiger partial charge in [-0.1, -0.05) is 6.07 Å². The van der Waals surface area contributed by atoms with Crippen molar-refractivity contribution in [1.82, 2.24) is 4.98 Å². The normalized spacial score (nSPS) is 14.1. The standard InChI is InChI=1S/C20H21N3O2/c1-14(24)16-7-8-17(11-21)19(10-16)22-12-15-6-9-20(23-13-15)25-18-4-2-3-5-18/h6-10,13,18,22H,2-5,12H2,1H3. The lowest BCUT2D eigenvalue weighted by atomic mass is 10.1. The van der Waals surface area contributed by atoms with Crippen LogP contribution in [0.2, 0.25) is 0 Å². The largest absolute Gasteiger partial charge is 0.474 e. The number of hydrogen-bond acceptors (Lipinski definition) is 5. The molecule has 25 heavy (non-hydrogen) atoms. The third-order valence-electron chi connectivity index (χ3n) is 4.42. The second-order valence-corrected chi connectivity index (χ2v) is 6.31. The van der Waals surface area contributed by atoms with Crippen LogP contribution >= 0.6 is 0 Å². The minimum atomic E-state index is -0.0254. The van der Waals surface area contributed by atoms with E-state index in [1.807, 2.05) is 12.1 Å². The van der Waals surface area contributed by atoms with Crippen LogP contribution in [0.1, 0.15) is 54.1 Å². The molecule has 128 valence electrons. The van der Waals surface area contributed by atoms with E-state index in [2.05, 4.69) is 16.4 Å². The average molecular weight is 335 g/mol. The van der Waals surface area contributed by atoms with Gasteiger partial charge >= 0.3 is 0 Å². The number of ketones is 1. The first-order chi connectivity index (χ1) is 12.2. The Morgan fingerprint density at radius 1 is 1.32 bits per heavy atom. The molecule has 0 aliphatic heterocycles. The first-order valence-electron chi connectivity index (χ1n) is 8.56. The molecule has 5 heteroatoms. The van der Waals surface area contributed by atoms with Crippen LogP contribution in [0.25, 0.3) is 0 Å². The van der Waals surface area contributed by atoms with Gasteiger partial charge in [-0.2, -0.15) is 5.26 Å². The molecule has 1 aromatic carbocycles. The van der Waals surface area contributed by atoms with Gasteiger partial charge in [-0.05, 0) is 56.4 Å². The summed E-state index contributed by atoms with van der Waals surface area (Å²) in [6.07, 6.45) is 6.74. The highest BCUT2D eigenvalue weighted by molar-refractivity contribution is 5.95. The lowest BCUT2D eigenvalue weighted by molar-refractivity contribution is 0.101. The van der Waals surface area contributed by atoms with Crippen LogP contribution in [0.15, 0.2) is 36.5 Å². The van der Waals surface area contributed by atoms with Crippen LogP contribution in [0.4, 0.5) is 5.69 Å². The van der Waals surface area contributed by atoms with Crippen molar-refractivity contribution < 1.29 is 9.53 Å². The van der Waals surface area contributed by atoms with E-state index in [1.54, 1.807) is 24.4 Å². The number of nitrogens with one attached hydrogen (secondary N) is 1. The van der Waals surface area contributed by atoms with Gasteiger partial charge in [0.05, 0.1) is 11.3 Å². The Morgan fingerprint density at radius 2 is 2.12 bits per heavy atom. The highest BCUT2D eigenvalue weighted by atomic mass is 16.5. The molecule has 1 aliphatic carbocycles. The van der Waals surface area contributed by atoms with E-state index in [-0.39, 0.29) is 5.78 Å². The number of nitriles is 1. The second-order valence-electron chi connectivity index (χ2n) is 6.31. The molecule has 0 amide bonds. The maximum atomic E-state index is 11.5. The number of benzene rings is 1. The smallest absolute Gasteiger partial charge is 0.213 e. The van der Waals surface area contributed by atoms with E-state index < -0.39 is 0 Å². The summed E-state index contributed by atoms with van der Waals surface area (Å²) in [5.41, 5.74) is 2.73. The predicted octanol–water partition coefficient (Wildman–Crippen LogP) is 4.09. The topological polar surface area (TPSA) is 75.0 Å². The molecule has 0 atom stereocenters. The molecule has 5 nitrogen and oxygen atoms in total. The first-order valence-corrected chi connectivity index (χ1v) is 8.56. The van der Waals surface area contributed by atoms with E-state index in [0.29, 0.717) is 35.3 Å². The fraction of sp³-hybridized carbons (Fsp3) is 0.350. The van der Waals surface area contributed by atoms with Crippen molar-refractivity contribution in [3.05, 3.63) is 53.2 Å². The molecule has 2 aromatic rings. The maximum Gasteiger partial charge on any atom is 0.213 e. The molecule has 1 heterocycles. The molecule has 0 radical (unpaired) electrons. The van der Waals surface area contributed by atoms with Gasteiger partial charge in [0.1, 0.15) is 12.2 Å². The molecule has 0 unspecified atom stereocenters. The summed E-state index contributed by atoms with van der Waals surface area (Å²) in [5.74, 6) is 0.634. The third-order valence-corrected chi connectivity index (χ3v) is 4.42. The molecule has 1 aromatic heterocycles. The van der Waals surface area contributed by atoms with Gasteiger partial charge in [0.15, 0.2) is 5.78 Å². The number of ether oxygens (including phenoxy) is 1. The maximum absolute atomic E-state index is 11.5. The van der Waals surface area contributed by atoms with Gasteiger partial charge < -0.3 is 10.1 Å². The van der Waals surface area contributed by atoms with Crippen LogP contribution in [0.5, 0.6) is 5.88 Å². The summed E-state index contributed by atoms with van der Waals surface area (Å²) < 4.78 is 5.86. The Balaban J connectivity index is 1.64. The minimum absolute atomic E-state index is 0.0254. The summed E-state index contributed by atoms with van der Waals surface area (Å²) in [7, 11) is 0. The molecule has 1 aliphatic rings. The quantitative estimate of drug-likeness (QED) is 0.805.